The zero-order valence-electron chi connectivity index (χ0n) is 16.6. The van der Waals surface area contributed by atoms with E-state index in [0.29, 0.717) is 36.3 Å². The van der Waals surface area contributed by atoms with Gasteiger partial charge in [0.05, 0.1) is 5.11 Å². The maximum Gasteiger partial charge on any atom is 0.430 e. The second-order valence-corrected chi connectivity index (χ2v) is 7.45. The summed E-state index contributed by atoms with van der Waals surface area (Å²) in [6, 6.07) is 7.53. The lowest BCUT2D eigenvalue weighted by Gasteiger charge is -2.31. The molecule has 3 rings (SSSR count). The molecule has 0 bridgehead atoms. The van der Waals surface area contributed by atoms with Crippen molar-refractivity contribution in [1.82, 2.24) is 15.2 Å². The van der Waals surface area contributed by atoms with E-state index in [1.807, 2.05) is 43.9 Å². The van der Waals surface area contributed by atoms with Gasteiger partial charge in [0.2, 0.25) is 5.82 Å². The zero-order chi connectivity index (χ0) is 21.0. The average Bonchev–Trinajstić information content (AvgIpc) is 2.66. The lowest BCUT2D eigenvalue weighted by atomic mass is 10.1. The summed E-state index contributed by atoms with van der Waals surface area (Å²) in [5.41, 5.74) is 4.53. The molecule has 1 aliphatic rings. The highest BCUT2D eigenvalue weighted by molar-refractivity contribution is 6.29. The standard InChI is InChI=1S/C20H23ClN6O2/c1-13-9-14(2)18(15(3)10-13)24-25-20(27(28)29)19-22-7-4-8-26(19)12-16-5-6-17(21)23-11-16/h5-6,9-11,22H,4,7-8,12H2,1-3H3/b20-19+,25-24+. The molecule has 1 aromatic heterocycles. The molecule has 1 N–H and O–H groups in total. The number of aromatic nitrogens is 1. The van der Waals surface area contributed by atoms with Crippen LogP contribution in [0.25, 0.3) is 0 Å². The molecule has 0 spiro atoms. The molecule has 0 radical (unpaired) electrons. The van der Waals surface area contributed by atoms with Gasteiger partial charge in [-0.25, -0.2) is 4.98 Å². The van der Waals surface area contributed by atoms with Crippen LogP contribution in [0.3, 0.4) is 0 Å². The Balaban J connectivity index is 1.95. The van der Waals surface area contributed by atoms with E-state index < -0.39 is 4.92 Å². The van der Waals surface area contributed by atoms with E-state index in [0.717, 1.165) is 28.7 Å². The smallest absolute Gasteiger partial charge is 0.364 e. The van der Waals surface area contributed by atoms with Gasteiger partial charge in [0.15, 0.2) is 0 Å². The second-order valence-electron chi connectivity index (χ2n) is 7.07. The minimum Gasteiger partial charge on any atom is -0.364 e. The van der Waals surface area contributed by atoms with E-state index in [-0.39, 0.29) is 5.82 Å². The van der Waals surface area contributed by atoms with Crippen molar-refractivity contribution in [1.29, 1.82) is 0 Å². The Morgan fingerprint density at radius 2 is 2.03 bits per heavy atom. The van der Waals surface area contributed by atoms with Crippen LogP contribution < -0.4 is 5.32 Å². The van der Waals surface area contributed by atoms with Crippen LogP contribution in [0.5, 0.6) is 0 Å². The fraction of sp³-hybridized carbons (Fsp3) is 0.350. The number of aryl methyl sites for hydroxylation is 3. The van der Waals surface area contributed by atoms with Crippen LogP contribution in [0.4, 0.5) is 5.69 Å². The summed E-state index contributed by atoms with van der Waals surface area (Å²) in [5.74, 6) is 0.0633. The quantitative estimate of drug-likeness (QED) is 0.332. The molecule has 1 fully saturated rings. The van der Waals surface area contributed by atoms with Gasteiger partial charge in [-0.15, -0.1) is 0 Å². The van der Waals surface area contributed by atoms with Crippen LogP contribution in [-0.4, -0.2) is 27.9 Å². The summed E-state index contributed by atoms with van der Waals surface area (Å²) in [6.07, 6.45) is 2.53. The number of hydrogen-bond donors (Lipinski definition) is 1. The average molecular weight is 415 g/mol. The molecule has 0 amide bonds. The van der Waals surface area contributed by atoms with Crippen molar-refractivity contribution in [3.63, 3.8) is 0 Å². The van der Waals surface area contributed by atoms with E-state index in [1.165, 1.54) is 0 Å². The van der Waals surface area contributed by atoms with Crippen LogP contribution in [0.2, 0.25) is 5.15 Å². The summed E-state index contributed by atoms with van der Waals surface area (Å²) in [4.78, 5) is 17.3. The Bertz CT molecular complexity index is 948. The van der Waals surface area contributed by atoms with Crippen LogP contribution >= 0.6 is 11.6 Å². The van der Waals surface area contributed by atoms with E-state index in [9.17, 15) is 10.1 Å². The minimum atomic E-state index is -0.497. The van der Waals surface area contributed by atoms with E-state index >= 15 is 0 Å². The predicted molar refractivity (Wildman–Crippen MR) is 111 cm³/mol. The normalized spacial score (nSPS) is 16.1. The summed E-state index contributed by atoms with van der Waals surface area (Å²) >= 11 is 5.85. The number of benzene rings is 1. The summed E-state index contributed by atoms with van der Waals surface area (Å²) in [7, 11) is 0. The molecule has 29 heavy (non-hydrogen) atoms. The van der Waals surface area contributed by atoms with Crippen molar-refractivity contribution in [2.24, 2.45) is 10.2 Å². The third-order valence-corrected chi connectivity index (χ3v) is 4.86. The highest BCUT2D eigenvalue weighted by Gasteiger charge is 2.27. The molecule has 8 nitrogen and oxygen atoms in total. The van der Waals surface area contributed by atoms with Gasteiger partial charge >= 0.3 is 5.82 Å². The molecule has 0 aliphatic carbocycles. The van der Waals surface area contributed by atoms with Gasteiger partial charge in [-0.1, -0.05) is 35.4 Å². The molecule has 0 saturated carbocycles. The van der Waals surface area contributed by atoms with Gasteiger partial charge in [0, 0.05) is 25.8 Å². The molecule has 1 saturated heterocycles. The molecule has 9 heteroatoms. The third-order valence-electron chi connectivity index (χ3n) is 4.64. The number of nitrogens with one attached hydrogen (secondary N) is 1. The summed E-state index contributed by atoms with van der Waals surface area (Å²) in [6.45, 7) is 7.61. The van der Waals surface area contributed by atoms with Gasteiger partial charge in [0.1, 0.15) is 10.8 Å². The highest BCUT2D eigenvalue weighted by Crippen LogP contribution is 2.27. The summed E-state index contributed by atoms with van der Waals surface area (Å²) in [5, 5.41) is 23.6. The molecule has 0 atom stereocenters. The first kappa shape index (κ1) is 20.7. The molecular formula is C20H23ClN6O2. The van der Waals surface area contributed by atoms with E-state index in [4.69, 9.17) is 11.6 Å². The highest BCUT2D eigenvalue weighted by atomic mass is 35.5. The van der Waals surface area contributed by atoms with Crippen molar-refractivity contribution in [2.45, 2.75) is 33.7 Å². The van der Waals surface area contributed by atoms with Gasteiger partial charge in [-0.2, -0.15) is 0 Å². The minimum absolute atomic E-state index is 0.300. The Morgan fingerprint density at radius 3 is 2.66 bits per heavy atom. The first-order chi connectivity index (χ1) is 13.8. The van der Waals surface area contributed by atoms with Crippen molar-refractivity contribution in [2.75, 3.05) is 13.1 Å². The fourth-order valence-electron chi connectivity index (χ4n) is 3.40. The Labute approximate surface area is 174 Å². The maximum atomic E-state index is 11.8. The fourth-order valence-corrected chi connectivity index (χ4v) is 3.51. The number of halogens is 1. The van der Waals surface area contributed by atoms with Gasteiger partial charge in [-0.05, 0) is 60.0 Å². The zero-order valence-corrected chi connectivity index (χ0v) is 17.4. The first-order valence-corrected chi connectivity index (χ1v) is 9.70. The number of nitrogens with zero attached hydrogens (tertiary/aromatic N) is 5. The lowest BCUT2D eigenvalue weighted by Crippen LogP contribution is -2.40. The van der Waals surface area contributed by atoms with Crippen LogP contribution in [0.1, 0.15) is 28.7 Å². The molecule has 152 valence electrons. The van der Waals surface area contributed by atoms with Crippen molar-refractivity contribution >= 4 is 17.3 Å². The number of nitro groups is 1. The molecule has 2 heterocycles. The predicted octanol–water partition coefficient (Wildman–Crippen LogP) is 4.64. The number of pyridine rings is 1. The molecule has 2 aromatic rings. The largest absolute Gasteiger partial charge is 0.430 e. The molecular weight excluding hydrogens is 392 g/mol. The van der Waals surface area contributed by atoms with E-state index in [1.54, 1.807) is 12.3 Å². The molecule has 1 aliphatic heterocycles. The number of hydrogen-bond acceptors (Lipinski definition) is 7. The van der Waals surface area contributed by atoms with Gasteiger partial charge < -0.3 is 20.3 Å². The first-order valence-electron chi connectivity index (χ1n) is 9.32. The van der Waals surface area contributed by atoms with Gasteiger partial charge in [0.25, 0.3) is 0 Å². The SMILES string of the molecule is Cc1cc(C)c(/N=N/C(=C2/NCCCN2Cc2ccc(Cl)nc2)[N+](=O)[O-])c(C)c1. The van der Waals surface area contributed by atoms with E-state index in [2.05, 4.69) is 20.5 Å². The van der Waals surface area contributed by atoms with Crippen LogP contribution in [-0.2, 0) is 6.54 Å². The monoisotopic (exact) mass is 414 g/mol. The molecule has 0 unspecified atom stereocenters. The topological polar surface area (TPSA) is 96.0 Å². The van der Waals surface area contributed by atoms with Gasteiger partial charge in [-0.3, -0.25) is 0 Å². The number of azo groups is 1. The Morgan fingerprint density at radius 1 is 1.31 bits per heavy atom. The third kappa shape index (κ3) is 5.08. The Kier molecular flexibility index (Phi) is 6.43. The lowest BCUT2D eigenvalue weighted by molar-refractivity contribution is -0.429. The van der Waals surface area contributed by atoms with Crippen molar-refractivity contribution in [3.05, 3.63) is 79.6 Å². The van der Waals surface area contributed by atoms with Crippen LogP contribution in [0, 0.1) is 30.9 Å². The molecule has 1 aromatic carbocycles. The number of rotatable bonds is 5. The van der Waals surface area contributed by atoms with Crippen molar-refractivity contribution < 1.29 is 4.92 Å². The Hall–Kier alpha value is -3.00. The van der Waals surface area contributed by atoms with Crippen LogP contribution in [0.15, 0.2) is 52.3 Å². The second kappa shape index (κ2) is 9.00. The maximum absolute atomic E-state index is 11.8. The summed E-state index contributed by atoms with van der Waals surface area (Å²) < 4.78 is 0. The van der Waals surface area contributed by atoms with Crippen molar-refractivity contribution in [3.8, 4) is 0 Å².